The van der Waals surface area contributed by atoms with E-state index in [1.807, 2.05) is 24.3 Å². The molecule has 0 aliphatic heterocycles. The van der Waals surface area contributed by atoms with Gasteiger partial charge in [0.1, 0.15) is 11.9 Å². The molecule has 5 heteroatoms. The van der Waals surface area contributed by atoms with Gasteiger partial charge in [-0.05, 0) is 48.0 Å². The van der Waals surface area contributed by atoms with Crippen LogP contribution in [0.2, 0.25) is 0 Å². The lowest BCUT2D eigenvalue weighted by atomic mass is 10.0. The summed E-state index contributed by atoms with van der Waals surface area (Å²) in [6.07, 6.45) is 2.02. The number of ether oxygens (including phenoxy) is 1. The van der Waals surface area contributed by atoms with Crippen molar-refractivity contribution in [1.82, 2.24) is 9.59 Å². The van der Waals surface area contributed by atoms with E-state index in [1.165, 1.54) is 11.5 Å². The van der Waals surface area contributed by atoms with Crippen LogP contribution in [0.1, 0.15) is 54.8 Å². The van der Waals surface area contributed by atoms with Crippen molar-refractivity contribution >= 4 is 11.5 Å². The van der Waals surface area contributed by atoms with Crippen LogP contribution in [0.25, 0.3) is 0 Å². The molecule has 1 aliphatic rings. The van der Waals surface area contributed by atoms with Gasteiger partial charge in [-0.3, -0.25) is 0 Å². The molecule has 0 bridgehead atoms. The maximum atomic E-state index is 10.5. The molecule has 0 saturated heterocycles. The molecule has 1 unspecified atom stereocenters. The van der Waals surface area contributed by atoms with Crippen molar-refractivity contribution in [3.8, 4) is 5.75 Å². The molecule has 1 saturated carbocycles. The van der Waals surface area contributed by atoms with Gasteiger partial charge in [-0.25, -0.2) is 0 Å². The molecular weight excluding hydrogens is 272 g/mol. The fourth-order valence-corrected chi connectivity index (χ4v) is 2.88. The van der Waals surface area contributed by atoms with Crippen molar-refractivity contribution in [1.29, 1.82) is 0 Å². The normalized spacial score (nSPS) is 16.4. The maximum Gasteiger partial charge on any atom is 0.119 e. The number of benzene rings is 1. The molecule has 1 aromatic carbocycles. The molecule has 3 rings (SSSR count). The largest absolute Gasteiger partial charge is 0.490 e. The molecule has 0 radical (unpaired) electrons. The van der Waals surface area contributed by atoms with E-state index in [9.17, 15) is 5.11 Å². The molecule has 20 heavy (non-hydrogen) atoms. The number of nitrogens with zero attached hydrogens (tertiary/aromatic N) is 2. The molecular formula is C15H18N2O2S. The Morgan fingerprint density at radius 3 is 2.55 bits per heavy atom. The third-order valence-corrected chi connectivity index (χ3v) is 4.15. The van der Waals surface area contributed by atoms with Gasteiger partial charge in [0.05, 0.1) is 16.7 Å². The van der Waals surface area contributed by atoms with E-state index < -0.39 is 6.10 Å². The van der Waals surface area contributed by atoms with Crippen molar-refractivity contribution in [2.75, 3.05) is 0 Å². The fourth-order valence-electron chi connectivity index (χ4n) is 2.05. The van der Waals surface area contributed by atoms with Crippen LogP contribution >= 0.6 is 11.5 Å². The van der Waals surface area contributed by atoms with Crippen molar-refractivity contribution in [2.45, 2.75) is 44.8 Å². The Bertz CT molecular complexity index is 576. The summed E-state index contributed by atoms with van der Waals surface area (Å²) >= 11 is 1.26. The van der Waals surface area contributed by atoms with Crippen LogP contribution in [0, 0.1) is 0 Å². The topological polar surface area (TPSA) is 55.2 Å². The molecule has 0 spiro atoms. The van der Waals surface area contributed by atoms with E-state index in [2.05, 4.69) is 23.4 Å². The maximum absolute atomic E-state index is 10.5. The van der Waals surface area contributed by atoms with Gasteiger partial charge >= 0.3 is 0 Å². The van der Waals surface area contributed by atoms with Gasteiger partial charge in [0, 0.05) is 0 Å². The van der Waals surface area contributed by atoms with Crippen LogP contribution in [0.3, 0.4) is 0 Å². The standard InChI is InChI=1S/C15H18N2O2S/c1-9(2)13-15(20-17-16-13)14(18)10-3-5-11(6-4-10)19-12-7-8-12/h3-6,9,12,14,18H,7-8H2,1-2H3. The molecule has 0 amide bonds. The lowest BCUT2D eigenvalue weighted by Crippen LogP contribution is -2.03. The predicted molar refractivity (Wildman–Crippen MR) is 78.2 cm³/mol. The Kier molecular flexibility index (Phi) is 3.72. The van der Waals surface area contributed by atoms with Crippen molar-refractivity contribution in [3.63, 3.8) is 0 Å². The lowest BCUT2D eigenvalue weighted by Gasteiger charge is -2.12. The number of aromatic nitrogens is 2. The van der Waals surface area contributed by atoms with E-state index in [0.717, 1.165) is 34.7 Å². The highest BCUT2D eigenvalue weighted by atomic mass is 32.1. The smallest absolute Gasteiger partial charge is 0.119 e. The van der Waals surface area contributed by atoms with E-state index >= 15 is 0 Å². The molecule has 2 aromatic rings. The van der Waals surface area contributed by atoms with Crippen molar-refractivity contribution in [3.05, 3.63) is 40.4 Å². The van der Waals surface area contributed by atoms with Crippen LogP contribution in [0.5, 0.6) is 5.75 Å². The first-order chi connectivity index (χ1) is 9.65. The number of rotatable bonds is 5. The summed E-state index contributed by atoms with van der Waals surface area (Å²) in [4.78, 5) is 0.830. The summed E-state index contributed by atoms with van der Waals surface area (Å²) in [6, 6.07) is 7.65. The van der Waals surface area contributed by atoms with Gasteiger partial charge in [0.15, 0.2) is 0 Å². The summed E-state index contributed by atoms with van der Waals surface area (Å²) in [5.41, 5.74) is 1.72. The van der Waals surface area contributed by atoms with E-state index in [-0.39, 0.29) is 5.92 Å². The molecule has 1 heterocycles. The average Bonchev–Trinajstić information content (AvgIpc) is 3.11. The number of hydrogen-bond donors (Lipinski definition) is 1. The highest BCUT2D eigenvalue weighted by Crippen LogP contribution is 2.32. The minimum absolute atomic E-state index is 0.260. The summed E-state index contributed by atoms with van der Waals surface area (Å²) in [7, 11) is 0. The zero-order chi connectivity index (χ0) is 14.1. The molecule has 1 fully saturated rings. The quantitative estimate of drug-likeness (QED) is 0.918. The minimum Gasteiger partial charge on any atom is -0.490 e. The SMILES string of the molecule is CC(C)c1nnsc1C(O)c1ccc(OC2CC2)cc1. The van der Waals surface area contributed by atoms with Crippen LogP contribution in [-0.4, -0.2) is 20.8 Å². The predicted octanol–water partition coefficient (Wildman–Crippen LogP) is 3.28. The van der Waals surface area contributed by atoms with Crippen molar-refractivity contribution in [2.24, 2.45) is 0 Å². The van der Waals surface area contributed by atoms with Crippen LogP contribution < -0.4 is 4.74 Å². The number of hydrogen-bond acceptors (Lipinski definition) is 5. The minimum atomic E-state index is -0.664. The second kappa shape index (κ2) is 5.50. The Morgan fingerprint density at radius 1 is 1.25 bits per heavy atom. The molecule has 1 aliphatic carbocycles. The molecule has 4 nitrogen and oxygen atoms in total. The first-order valence-corrected chi connectivity index (χ1v) is 7.69. The Morgan fingerprint density at radius 2 is 1.95 bits per heavy atom. The summed E-state index contributed by atoms with van der Waals surface area (Å²) < 4.78 is 9.67. The van der Waals surface area contributed by atoms with E-state index in [0.29, 0.717) is 6.10 Å². The fraction of sp³-hybridized carbons (Fsp3) is 0.467. The third kappa shape index (κ3) is 2.83. The average molecular weight is 290 g/mol. The first-order valence-electron chi connectivity index (χ1n) is 6.92. The Balaban J connectivity index is 1.78. The molecule has 1 aromatic heterocycles. The monoisotopic (exact) mass is 290 g/mol. The second-order valence-electron chi connectivity index (χ2n) is 5.47. The van der Waals surface area contributed by atoms with Crippen molar-refractivity contribution < 1.29 is 9.84 Å². The third-order valence-electron chi connectivity index (χ3n) is 3.36. The van der Waals surface area contributed by atoms with Crippen LogP contribution in [0.4, 0.5) is 0 Å². The van der Waals surface area contributed by atoms with Gasteiger partial charge < -0.3 is 9.84 Å². The Hall–Kier alpha value is -1.46. The van der Waals surface area contributed by atoms with Gasteiger partial charge in [-0.2, -0.15) is 0 Å². The summed E-state index contributed by atoms with van der Waals surface area (Å²) in [5, 5.41) is 14.6. The summed E-state index contributed by atoms with van der Waals surface area (Å²) in [5.74, 6) is 1.13. The highest BCUT2D eigenvalue weighted by Gasteiger charge is 2.24. The number of aliphatic hydroxyl groups excluding tert-OH is 1. The van der Waals surface area contributed by atoms with Gasteiger partial charge in [-0.15, -0.1) is 5.10 Å². The van der Waals surface area contributed by atoms with Gasteiger partial charge in [0.2, 0.25) is 0 Å². The lowest BCUT2D eigenvalue weighted by molar-refractivity contribution is 0.222. The zero-order valence-electron chi connectivity index (χ0n) is 11.6. The summed E-state index contributed by atoms with van der Waals surface area (Å²) in [6.45, 7) is 4.11. The van der Waals surface area contributed by atoms with E-state index in [1.54, 1.807) is 0 Å². The zero-order valence-corrected chi connectivity index (χ0v) is 12.4. The van der Waals surface area contributed by atoms with Crippen LogP contribution in [-0.2, 0) is 0 Å². The molecule has 1 atom stereocenters. The highest BCUT2D eigenvalue weighted by molar-refractivity contribution is 7.05. The molecule has 106 valence electrons. The second-order valence-corrected chi connectivity index (χ2v) is 6.25. The molecule has 1 N–H and O–H groups in total. The van der Waals surface area contributed by atoms with Crippen LogP contribution in [0.15, 0.2) is 24.3 Å². The van der Waals surface area contributed by atoms with E-state index in [4.69, 9.17) is 4.74 Å². The Labute approximate surface area is 122 Å². The van der Waals surface area contributed by atoms with Gasteiger partial charge in [-0.1, -0.05) is 30.5 Å². The van der Waals surface area contributed by atoms with Gasteiger partial charge in [0.25, 0.3) is 0 Å². The first kappa shape index (κ1) is 13.5. The number of aliphatic hydroxyl groups is 1.